The van der Waals surface area contributed by atoms with Gasteiger partial charge in [-0.25, -0.2) is 0 Å². The third kappa shape index (κ3) is 4.20. The van der Waals surface area contributed by atoms with Gasteiger partial charge >= 0.3 is 0 Å². The summed E-state index contributed by atoms with van der Waals surface area (Å²) in [5, 5.41) is 13.9. The molecule has 1 heterocycles. The Kier molecular flexibility index (Phi) is 5.51. The molecule has 0 saturated heterocycles. The van der Waals surface area contributed by atoms with E-state index in [0.717, 1.165) is 41.0 Å². The lowest BCUT2D eigenvalue weighted by atomic mass is 9.94. The van der Waals surface area contributed by atoms with Gasteiger partial charge in [0.15, 0.2) is 0 Å². The van der Waals surface area contributed by atoms with Crippen LogP contribution < -0.4 is 5.32 Å². The molecular weight excluding hydrogens is 334 g/mol. The van der Waals surface area contributed by atoms with Crippen LogP contribution in [-0.2, 0) is 6.54 Å². The Morgan fingerprint density at radius 2 is 2.00 bits per heavy atom. The van der Waals surface area contributed by atoms with Crippen molar-refractivity contribution in [1.29, 1.82) is 0 Å². The number of aliphatic hydroxyl groups is 1. The standard InChI is InChI=1S/C13H19BrClNOS/c14-11-7-10(18-12(11)15)8-16-9-13(17)5-3-1-2-4-6-13/h7,16-17H,1-6,8-9H2. The van der Waals surface area contributed by atoms with Crippen molar-refractivity contribution in [2.75, 3.05) is 6.54 Å². The van der Waals surface area contributed by atoms with E-state index in [2.05, 4.69) is 21.2 Å². The van der Waals surface area contributed by atoms with Crippen molar-refractivity contribution >= 4 is 38.9 Å². The summed E-state index contributed by atoms with van der Waals surface area (Å²) in [7, 11) is 0. The Labute approximate surface area is 126 Å². The smallest absolute Gasteiger partial charge is 0.107 e. The van der Waals surface area contributed by atoms with E-state index >= 15 is 0 Å². The van der Waals surface area contributed by atoms with Crippen LogP contribution in [0.2, 0.25) is 4.34 Å². The van der Waals surface area contributed by atoms with Crippen LogP contribution in [0, 0.1) is 0 Å². The first kappa shape index (κ1) is 14.8. The number of hydrogen-bond acceptors (Lipinski definition) is 3. The minimum Gasteiger partial charge on any atom is -0.389 e. The molecule has 2 N–H and O–H groups in total. The number of halogens is 2. The Bertz CT molecular complexity index is 369. The Hall–Kier alpha value is 0.390. The molecule has 2 rings (SSSR count). The van der Waals surface area contributed by atoms with Crippen LogP contribution >= 0.6 is 38.9 Å². The highest BCUT2D eigenvalue weighted by molar-refractivity contribution is 9.10. The fourth-order valence-electron chi connectivity index (χ4n) is 2.46. The van der Waals surface area contributed by atoms with Gasteiger partial charge in [-0.05, 0) is 34.8 Å². The van der Waals surface area contributed by atoms with Crippen LogP contribution in [0.3, 0.4) is 0 Å². The van der Waals surface area contributed by atoms with Crippen LogP contribution in [0.15, 0.2) is 10.5 Å². The summed E-state index contributed by atoms with van der Waals surface area (Å²) < 4.78 is 1.75. The molecular formula is C13H19BrClNOS. The molecule has 0 amide bonds. The fraction of sp³-hybridized carbons (Fsp3) is 0.692. The molecule has 5 heteroatoms. The third-order valence-electron chi connectivity index (χ3n) is 3.48. The van der Waals surface area contributed by atoms with Gasteiger partial charge in [-0.2, -0.15) is 0 Å². The van der Waals surface area contributed by atoms with Crippen LogP contribution in [0.1, 0.15) is 43.4 Å². The van der Waals surface area contributed by atoms with E-state index in [-0.39, 0.29) is 0 Å². The lowest BCUT2D eigenvalue weighted by molar-refractivity contribution is 0.0251. The highest BCUT2D eigenvalue weighted by Crippen LogP contribution is 2.32. The van der Waals surface area contributed by atoms with Crippen molar-refractivity contribution in [3.63, 3.8) is 0 Å². The molecule has 0 atom stereocenters. The van der Waals surface area contributed by atoms with E-state index < -0.39 is 5.60 Å². The van der Waals surface area contributed by atoms with Gasteiger partial charge in [0, 0.05) is 22.4 Å². The molecule has 1 aliphatic rings. The van der Waals surface area contributed by atoms with Crippen molar-refractivity contribution in [3.8, 4) is 0 Å². The lowest BCUT2D eigenvalue weighted by Crippen LogP contribution is -2.39. The summed E-state index contributed by atoms with van der Waals surface area (Å²) in [5.74, 6) is 0. The Morgan fingerprint density at radius 3 is 2.56 bits per heavy atom. The second-order valence-electron chi connectivity index (χ2n) is 5.08. The summed E-state index contributed by atoms with van der Waals surface area (Å²) in [6, 6.07) is 2.04. The monoisotopic (exact) mass is 351 g/mol. The molecule has 0 aromatic carbocycles. The van der Waals surface area contributed by atoms with Gasteiger partial charge < -0.3 is 10.4 Å². The third-order valence-corrected chi connectivity index (χ3v) is 5.96. The highest BCUT2D eigenvalue weighted by Gasteiger charge is 2.27. The van der Waals surface area contributed by atoms with Crippen molar-refractivity contribution in [2.45, 2.75) is 50.7 Å². The van der Waals surface area contributed by atoms with Crippen LogP contribution in [0.4, 0.5) is 0 Å². The molecule has 1 saturated carbocycles. The molecule has 0 radical (unpaired) electrons. The minimum absolute atomic E-state index is 0.505. The Balaban J connectivity index is 1.80. The van der Waals surface area contributed by atoms with E-state index in [0.29, 0.717) is 6.54 Å². The molecule has 1 aliphatic carbocycles. The van der Waals surface area contributed by atoms with Crippen molar-refractivity contribution < 1.29 is 5.11 Å². The van der Waals surface area contributed by atoms with E-state index in [1.54, 1.807) is 11.3 Å². The minimum atomic E-state index is -0.505. The molecule has 0 unspecified atom stereocenters. The first-order chi connectivity index (χ1) is 8.59. The highest BCUT2D eigenvalue weighted by atomic mass is 79.9. The zero-order valence-corrected chi connectivity index (χ0v) is 13.5. The number of hydrogen-bond donors (Lipinski definition) is 2. The van der Waals surface area contributed by atoms with E-state index in [9.17, 15) is 5.11 Å². The number of nitrogens with one attached hydrogen (secondary N) is 1. The van der Waals surface area contributed by atoms with E-state index in [4.69, 9.17) is 11.6 Å². The van der Waals surface area contributed by atoms with E-state index in [1.165, 1.54) is 17.7 Å². The first-order valence-electron chi connectivity index (χ1n) is 6.46. The summed E-state index contributed by atoms with van der Waals surface area (Å²) in [6.07, 6.45) is 6.67. The van der Waals surface area contributed by atoms with Gasteiger partial charge in [0.1, 0.15) is 4.34 Å². The fourth-order valence-corrected chi connectivity index (χ4v) is 4.22. The second kappa shape index (κ2) is 6.71. The predicted molar refractivity (Wildman–Crippen MR) is 81.4 cm³/mol. The molecule has 1 fully saturated rings. The number of thiophene rings is 1. The van der Waals surface area contributed by atoms with Gasteiger partial charge in [0.2, 0.25) is 0 Å². The van der Waals surface area contributed by atoms with Crippen LogP contribution in [-0.4, -0.2) is 17.3 Å². The maximum atomic E-state index is 10.5. The molecule has 0 bridgehead atoms. The molecule has 0 spiro atoms. The summed E-state index contributed by atoms with van der Waals surface area (Å²) >= 11 is 11.0. The van der Waals surface area contributed by atoms with Crippen molar-refractivity contribution in [3.05, 3.63) is 19.8 Å². The first-order valence-corrected chi connectivity index (χ1v) is 8.45. The molecule has 18 heavy (non-hydrogen) atoms. The van der Waals surface area contributed by atoms with Crippen molar-refractivity contribution in [1.82, 2.24) is 5.32 Å². The molecule has 1 aromatic rings. The van der Waals surface area contributed by atoms with Crippen molar-refractivity contribution in [2.24, 2.45) is 0 Å². The van der Waals surface area contributed by atoms with Gasteiger partial charge in [0.05, 0.1) is 5.60 Å². The summed E-state index contributed by atoms with van der Waals surface area (Å²) in [6.45, 7) is 1.46. The van der Waals surface area contributed by atoms with Crippen LogP contribution in [0.25, 0.3) is 0 Å². The average molecular weight is 353 g/mol. The quantitative estimate of drug-likeness (QED) is 0.790. The summed E-state index contributed by atoms with van der Waals surface area (Å²) in [4.78, 5) is 1.20. The predicted octanol–water partition coefficient (Wildman–Crippen LogP) is 4.34. The second-order valence-corrected chi connectivity index (χ2v) is 7.67. The average Bonchev–Trinajstić information content (AvgIpc) is 2.52. The molecule has 1 aromatic heterocycles. The summed E-state index contributed by atoms with van der Waals surface area (Å²) in [5.41, 5.74) is -0.505. The lowest BCUT2D eigenvalue weighted by Gasteiger charge is -2.26. The zero-order chi connectivity index (χ0) is 13.0. The van der Waals surface area contributed by atoms with Gasteiger partial charge in [0.25, 0.3) is 0 Å². The van der Waals surface area contributed by atoms with Gasteiger partial charge in [-0.3, -0.25) is 0 Å². The maximum Gasteiger partial charge on any atom is 0.107 e. The zero-order valence-electron chi connectivity index (χ0n) is 10.3. The Morgan fingerprint density at radius 1 is 1.33 bits per heavy atom. The maximum absolute atomic E-state index is 10.5. The normalized spacial score (nSPS) is 19.7. The van der Waals surface area contributed by atoms with Gasteiger partial charge in [-0.1, -0.05) is 37.3 Å². The topological polar surface area (TPSA) is 32.3 Å². The van der Waals surface area contributed by atoms with Crippen LogP contribution in [0.5, 0.6) is 0 Å². The SMILES string of the molecule is OC1(CNCc2cc(Br)c(Cl)s2)CCCCCC1. The number of rotatable bonds is 4. The molecule has 102 valence electrons. The largest absolute Gasteiger partial charge is 0.389 e. The van der Waals surface area contributed by atoms with E-state index in [1.807, 2.05) is 6.07 Å². The van der Waals surface area contributed by atoms with Gasteiger partial charge in [-0.15, -0.1) is 11.3 Å². The molecule has 2 nitrogen and oxygen atoms in total. The molecule has 0 aliphatic heterocycles.